The quantitative estimate of drug-likeness (QED) is 0.634. The van der Waals surface area contributed by atoms with E-state index in [4.69, 9.17) is 21.1 Å². The Labute approximate surface area is 173 Å². The zero-order valence-corrected chi connectivity index (χ0v) is 17.3. The minimum absolute atomic E-state index is 0.0272. The zero-order chi connectivity index (χ0) is 21.0. The summed E-state index contributed by atoms with van der Waals surface area (Å²) in [6.45, 7) is 5.78. The Kier molecular flexibility index (Phi) is 6.33. The van der Waals surface area contributed by atoms with Gasteiger partial charge in [-0.2, -0.15) is 4.68 Å². The van der Waals surface area contributed by atoms with Gasteiger partial charge in [0.15, 0.2) is 11.5 Å². The van der Waals surface area contributed by atoms with Crippen molar-refractivity contribution in [3.8, 4) is 17.2 Å². The molecule has 2 aromatic carbocycles. The molecule has 0 bridgehead atoms. The number of nitrogens with zero attached hydrogens (tertiary/aromatic N) is 4. The van der Waals surface area contributed by atoms with Crippen molar-refractivity contribution in [1.82, 2.24) is 25.5 Å². The first-order valence-corrected chi connectivity index (χ1v) is 9.45. The SMILES string of the molecule is COc1cc(C(C)NC(=O)c2cc(Cl)ccc2-n2cnnn2)ccc1OC(C)C. The molecule has 1 atom stereocenters. The molecule has 3 aromatic rings. The number of carbonyl (C=O) groups is 1. The maximum Gasteiger partial charge on any atom is 0.254 e. The van der Waals surface area contributed by atoms with Crippen molar-refractivity contribution in [2.45, 2.75) is 32.9 Å². The van der Waals surface area contributed by atoms with E-state index in [1.54, 1.807) is 25.3 Å². The van der Waals surface area contributed by atoms with Crippen LogP contribution in [0.1, 0.15) is 42.7 Å². The molecule has 0 radical (unpaired) electrons. The average Bonchev–Trinajstić information content (AvgIpc) is 3.22. The summed E-state index contributed by atoms with van der Waals surface area (Å²) in [5, 5.41) is 14.5. The topological polar surface area (TPSA) is 91.2 Å². The lowest BCUT2D eigenvalue weighted by molar-refractivity contribution is 0.0939. The number of nitrogens with one attached hydrogen (secondary N) is 1. The van der Waals surface area contributed by atoms with Crippen molar-refractivity contribution >= 4 is 17.5 Å². The minimum Gasteiger partial charge on any atom is -0.493 e. The van der Waals surface area contributed by atoms with E-state index in [2.05, 4.69) is 20.8 Å². The van der Waals surface area contributed by atoms with E-state index in [0.29, 0.717) is 27.8 Å². The fourth-order valence-electron chi connectivity index (χ4n) is 2.82. The molecule has 0 fully saturated rings. The number of hydrogen-bond acceptors (Lipinski definition) is 6. The van der Waals surface area contributed by atoms with Crippen LogP contribution in [0.5, 0.6) is 11.5 Å². The van der Waals surface area contributed by atoms with Crippen molar-refractivity contribution in [3.05, 3.63) is 58.9 Å². The highest BCUT2D eigenvalue weighted by Crippen LogP contribution is 2.31. The summed E-state index contributed by atoms with van der Waals surface area (Å²) in [6, 6.07) is 10.2. The van der Waals surface area contributed by atoms with E-state index in [-0.39, 0.29) is 18.1 Å². The van der Waals surface area contributed by atoms with Crippen LogP contribution in [0.4, 0.5) is 0 Å². The first-order valence-electron chi connectivity index (χ1n) is 9.07. The summed E-state index contributed by atoms with van der Waals surface area (Å²) in [6.07, 6.45) is 1.45. The molecule has 0 saturated heterocycles. The van der Waals surface area contributed by atoms with Crippen LogP contribution < -0.4 is 14.8 Å². The van der Waals surface area contributed by atoms with Gasteiger partial charge in [-0.3, -0.25) is 4.79 Å². The molecule has 1 heterocycles. The summed E-state index contributed by atoms with van der Waals surface area (Å²) in [4.78, 5) is 13.0. The second-order valence-electron chi connectivity index (χ2n) is 6.69. The monoisotopic (exact) mass is 415 g/mol. The Morgan fingerprint density at radius 2 is 1.93 bits per heavy atom. The van der Waals surface area contributed by atoms with Gasteiger partial charge in [-0.1, -0.05) is 17.7 Å². The van der Waals surface area contributed by atoms with Crippen molar-refractivity contribution < 1.29 is 14.3 Å². The number of benzene rings is 2. The van der Waals surface area contributed by atoms with Crippen molar-refractivity contribution in [2.75, 3.05) is 7.11 Å². The van der Waals surface area contributed by atoms with Crippen LogP contribution in [0.25, 0.3) is 5.69 Å². The normalized spacial score (nSPS) is 11.9. The second-order valence-corrected chi connectivity index (χ2v) is 7.12. The molecular formula is C20H22ClN5O3. The van der Waals surface area contributed by atoms with E-state index < -0.39 is 0 Å². The lowest BCUT2D eigenvalue weighted by Gasteiger charge is -2.19. The zero-order valence-electron chi connectivity index (χ0n) is 16.6. The van der Waals surface area contributed by atoms with Crippen LogP contribution in [0.2, 0.25) is 5.02 Å². The van der Waals surface area contributed by atoms with Gasteiger partial charge in [-0.05, 0) is 67.1 Å². The average molecular weight is 416 g/mol. The molecule has 0 aliphatic rings. The summed E-state index contributed by atoms with van der Waals surface area (Å²) < 4.78 is 12.6. The molecule has 0 aliphatic heterocycles. The van der Waals surface area contributed by atoms with E-state index in [1.807, 2.05) is 39.0 Å². The number of ether oxygens (including phenoxy) is 2. The number of amides is 1. The number of carbonyl (C=O) groups excluding carboxylic acids is 1. The van der Waals surface area contributed by atoms with Gasteiger partial charge in [0.2, 0.25) is 0 Å². The van der Waals surface area contributed by atoms with Crippen LogP contribution in [0.3, 0.4) is 0 Å². The van der Waals surface area contributed by atoms with Gasteiger partial charge in [0.25, 0.3) is 5.91 Å². The largest absolute Gasteiger partial charge is 0.493 e. The molecule has 152 valence electrons. The maximum absolute atomic E-state index is 13.0. The molecule has 1 N–H and O–H groups in total. The molecule has 0 saturated carbocycles. The van der Waals surface area contributed by atoms with Crippen molar-refractivity contribution in [3.63, 3.8) is 0 Å². The fraction of sp³-hybridized carbons (Fsp3) is 0.300. The van der Waals surface area contributed by atoms with Crippen LogP contribution in [0, 0.1) is 0 Å². The molecule has 8 nitrogen and oxygen atoms in total. The summed E-state index contributed by atoms with van der Waals surface area (Å²) in [7, 11) is 1.58. The number of hydrogen-bond donors (Lipinski definition) is 1. The highest BCUT2D eigenvalue weighted by atomic mass is 35.5. The highest BCUT2D eigenvalue weighted by Gasteiger charge is 2.18. The van der Waals surface area contributed by atoms with Gasteiger partial charge < -0.3 is 14.8 Å². The summed E-state index contributed by atoms with van der Waals surface area (Å²) in [5.74, 6) is 0.960. The van der Waals surface area contributed by atoms with Crippen LogP contribution in [-0.4, -0.2) is 39.3 Å². The molecule has 0 aliphatic carbocycles. The predicted octanol–water partition coefficient (Wildman–Crippen LogP) is 3.60. The lowest BCUT2D eigenvalue weighted by Crippen LogP contribution is -2.28. The van der Waals surface area contributed by atoms with Gasteiger partial charge in [0, 0.05) is 5.02 Å². The number of rotatable bonds is 7. The first kappa shape index (κ1) is 20.6. The van der Waals surface area contributed by atoms with Crippen molar-refractivity contribution in [1.29, 1.82) is 0 Å². The van der Waals surface area contributed by atoms with Crippen molar-refractivity contribution in [2.24, 2.45) is 0 Å². The maximum atomic E-state index is 13.0. The molecule has 1 amide bonds. The fourth-order valence-corrected chi connectivity index (χ4v) is 3.00. The molecule has 0 spiro atoms. The lowest BCUT2D eigenvalue weighted by atomic mass is 10.1. The molecule has 1 unspecified atom stereocenters. The van der Waals surface area contributed by atoms with Crippen LogP contribution in [-0.2, 0) is 0 Å². The van der Waals surface area contributed by atoms with Gasteiger partial charge in [0.05, 0.1) is 30.5 Å². The highest BCUT2D eigenvalue weighted by molar-refractivity contribution is 6.31. The third-order valence-electron chi connectivity index (χ3n) is 4.20. The Hall–Kier alpha value is -3.13. The minimum atomic E-state index is -0.299. The van der Waals surface area contributed by atoms with Gasteiger partial charge in [0.1, 0.15) is 6.33 Å². The van der Waals surface area contributed by atoms with Gasteiger partial charge in [-0.15, -0.1) is 5.10 Å². The summed E-state index contributed by atoms with van der Waals surface area (Å²) >= 11 is 6.10. The number of tetrazole rings is 1. The summed E-state index contributed by atoms with van der Waals surface area (Å²) in [5.41, 5.74) is 1.77. The molecule has 1 aromatic heterocycles. The van der Waals surface area contributed by atoms with Crippen LogP contribution in [0.15, 0.2) is 42.7 Å². The van der Waals surface area contributed by atoms with E-state index in [9.17, 15) is 4.79 Å². The van der Waals surface area contributed by atoms with Gasteiger partial charge >= 0.3 is 0 Å². The second kappa shape index (κ2) is 8.91. The molecule has 9 heteroatoms. The number of methoxy groups -OCH3 is 1. The number of aromatic nitrogens is 4. The number of halogens is 1. The van der Waals surface area contributed by atoms with Gasteiger partial charge in [-0.25, -0.2) is 0 Å². The van der Waals surface area contributed by atoms with Crippen LogP contribution >= 0.6 is 11.6 Å². The van der Waals surface area contributed by atoms with E-state index in [0.717, 1.165) is 5.56 Å². The Morgan fingerprint density at radius 1 is 1.14 bits per heavy atom. The Morgan fingerprint density at radius 3 is 2.59 bits per heavy atom. The Balaban J connectivity index is 1.84. The predicted molar refractivity (Wildman–Crippen MR) is 109 cm³/mol. The smallest absolute Gasteiger partial charge is 0.254 e. The third kappa shape index (κ3) is 4.83. The van der Waals surface area contributed by atoms with E-state index >= 15 is 0 Å². The Bertz CT molecular complexity index is 992. The third-order valence-corrected chi connectivity index (χ3v) is 4.43. The first-order chi connectivity index (χ1) is 13.9. The van der Waals surface area contributed by atoms with E-state index in [1.165, 1.54) is 11.0 Å². The molecule has 3 rings (SSSR count). The molecule has 29 heavy (non-hydrogen) atoms. The standard InChI is InChI=1S/C20H22ClN5O3/c1-12(2)29-18-8-5-14(9-19(18)28-4)13(3)23-20(27)16-10-15(21)6-7-17(16)26-11-22-24-25-26/h5-13H,1-4H3,(H,23,27). The molecular weight excluding hydrogens is 394 g/mol.